The van der Waals surface area contributed by atoms with Crippen molar-refractivity contribution < 1.29 is 23.1 Å². The van der Waals surface area contributed by atoms with Crippen LogP contribution in [0.1, 0.15) is 49.9 Å². The maximum atomic E-state index is 13.2. The SMILES string of the molecule is O=C(C1CCN(c2nccc(C(F)(F)F)n2)C1)N1CCC(NC2CCC(O)(c3ccc(-c4ncccn4)cn3)CC2)C1. The van der Waals surface area contributed by atoms with E-state index < -0.39 is 17.5 Å². The summed E-state index contributed by atoms with van der Waals surface area (Å²) in [5, 5.41) is 15.0. The van der Waals surface area contributed by atoms with Crippen LogP contribution in [0.3, 0.4) is 0 Å². The molecule has 0 bridgehead atoms. The van der Waals surface area contributed by atoms with Gasteiger partial charge >= 0.3 is 6.18 Å². The third kappa shape index (κ3) is 6.07. The number of carbonyl (C=O) groups excluding carboxylic acids is 1. The van der Waals surface area contributed by atoms with Crippen molar-refractivity contribution >= 4 is 11.9 Å². The molecule has 2 saturated heterocycles. The average molecular weight is 583 g/mol. The van der Waals surface area contributed by atoms with Crippen molar-refractivity contribution in [1.82, 2.24) is 35.1 Å². The highest BCUT2D eigenvalue weighted by Crippen LogP contribution is 2.37. The Morgan fingerprint density at radius 1 is 0.929 bits per heavy atom. The van der Waals surface area contributed by atoms with Crippen LogP contribution in [0, 0.1) is 5.92 Å². The summed E-state index contributed by atoms with van der Waals surface area (Å²) in [6, 6.07) is 6.75. The fourth-order valence-electron chi connectivity index (χ4n) is 6.26. The van der Waals surface area contributed by atoms with Crippen LogP contribution >= 0.6 is 0 Å². The Morgan fingerprint density at radius 3 is 2.43 bits per heavy atom. The van der Waals surface area contributed by atoms with Gasteiger partial charge in [-0.05, 0) is 62.8 Å². The highest BCUT2D eigenvalue weighted by atomic mass is 19.4. The van der Waals surface area contributed by atoms with Crippen LogP contribution in [0.5, 0.6) is 0 Å². The summed E-state index contributed by atoms with van der Waals surface area (Å²) in [5.41, 5.74) is -0.513. The molecule has 1 amide bonds. The minimum absolute atomic E-state index is 0.00898. The van der Waals surface area contributed by atoms with E-state index in [1.165, 1.54) is 0 Å². The molecule has 42 heavy (non-hydrogen) atoms. The van der Waals surface area contributed by atoms with Crippen LogP contribution in [0.4, 0.5) is 19.1 Å². The van der Waals surface area contributed by atoms with Crippen molar-refractivity contribution in [2.75, 3.05) is 31.1 Å². The number of nitrogens with zero attached hydrogens (tertiary/aromatic N) is 7. The van der Waals surface area contributed by atoms with E-state index in [4.69, 9.17) is 0 Å². The number of halogens is 3. The number of aromatic nitrogens is 5. The molecular formula is C29H33F3N8O2. The first-order valence-electron chi connectivity index (χ1n) is 14.3. The molecule has 0 radical (unpaired) electrons. The molecule has 1 aliphatic carbocycles. The highest BCUT2D eigenvalue weighted by molar-refractivity contribution is 5.80. The molecular weight excluding hydrogens is 549 g/mol. The first-order chi connectivity index (χ1) is 20.2. The summed E-state index contributed by atoms with van der Waals surface area (Å²) in [6.07, 6.45) is 5.78. The third-order valence-corrected chi connectivity index (χ3v) is 8.60. The molecule has 0 spiro atoms. The molecule has 3 aromatic rings. The van der Waals surface area contributed by atoms with Gasteiger partial charge in [0.1, 0.15) is 11.3 Å². The van der Waals surface area contributed by atoms with E-state index in [1.54, 1.807) is 29.6 Å². The number of anilines is 1. The summed E-state index contributed by atoms with van der Waals surface area (Å²) in [4.78, 5) is 37.5. The predicted octanol–water partition coefficient (Wildman–Crippen LogP) is 3.19. The Labute approximate surface area is 241 Å². The Hall–Kier alpha value is -3.71. The van der Waals surface area contributed by atoms with E-state index in [0.717, 1.165) is 37.1 Å². The second kappa shape index (κ2) is 11.5. The molecule has 3 aromatic heterocycles. The molecule has 2 N–H and O–H groups in total. The second-order valence-corrected chi connectivity index (χ2v) is 11.4. The van der Waals surface area contributed by atoms with Crippen LogP contribution in [0.2, 0.25) is 0 Å². The van der Waals surface area contributed by atoms with E-state index in [2.05, 4.69) is 30.2 Å². The minimum Gasteiger partial charge on any atom is -0.384 e. The predicted molar refractivity (Wildman–Crippen MR) is 147 cm³/mol. The minimum atomic E-state index is -4.54. The van der Waals surface area contributed by atoms with Gasteiger partial charge in [-0.3, -0.25) is 9.78 Å². The van der Waals surface area contributed by atoms with Crippen LogP contribution in [0.25, 0.3) is 11.4 Å². The standard InChI is InChI=1S/C29H33F3N8O2/c30-29(31,32)24-6-13-35-27(38-24)40-14-7-20(17-40)26(41)39-15-8-22(18-39)37-21-4-9-28(42,10-5-21)23-3-2-19(16-36-23)25-33-11-1-12-34-25/h1-3,6,11-13,16,20-22,37,42H,4-5,7-10,14-15,17-18H2. The Balaban J connectivity index is 0.977. The van der Waals surface area contributed by atoms with Gasteiger partial charge in [-0.1, -0.05) is 0 Å². The van der Waals surface area contributed by atoms with E-state index in [9.17, 15) is 23.1 Å². The van der Waals surface area contributed by atoms with Crippen LogP contribution < -0.4 is 10.2 Å². The van der Waals surface area contributed by atoms with E-state index in [0.29, 0.717) is 57.0 Å². The van der Waals surface area contributed by atoms with Crippen molar-refractivity contribution in [3.8, 4) is 11.4 Å². The van der Waals surface area contributed by atoms with Gasteiger partial charge in [0.15, 0.2) is 5.82 Å². The molecule has 2 unspecified atom stereocenters. The van der Waals surface area contributed by atoms with Gasteiger partial charge in [0.05, 0.1) is 11.6 Å². The first-order valence-corrected chi connectivity index (χ1v) is 14.3. The van der Waals surface area contributed by atoms with Crippen LogP contribution in [-0.2, 0) is 16.6 Å². The maximum absolute atomic E-state index is 13.2. The molecule has 13 heteroatoms. The molecule has 3 fully saturated rings. The lowest BCUT2D eigenvalue weighted by Gasteiger charge is -2.37. The van der Waals surface area contributed by atoms with E-state index >= 15 is 0 Å². The normalized spacial score (nSPS) is 26.5. The van der Waals surface area contributed by atoms with Gasteiger partial charge in [0.25, 0.3) is 0 Å². The summed E-state index contributed by atoms with van der Waals surface area (Å²) >= 11 is 0. The number of pyridine rings is 1. The molecule has 6 rings (SSSR count). The fraction of sp³-hybridized carbons (Fsp3) is 0.517. The average Bonchev–Trinajstić information content (AvgIpc) is 3.69. The molecule has 2 aliphatic heterocycles. The number of aliphatic hydroxyl groups is 1. The van der Waals surface area contributed by atoms with Crippen LogP contribution in [-0.4, -0.2) is 79.1 Å². The maximum Gasteiger partial charge on any atom is 0.433 e. The zero-order valence-corrected chi connectivity index (χ0v) is 23.0. The number of rotatable bonds is 6. The number of alkyl halides is 3. The zero-order chi connectivity index (χ0) is 29.3. The van der Waals surface area contributed by atoms with Gasteiger partial charge in [0, 0.05) is 68.6 Å². The molecule has 2 atom stereocenters. The van der Waals surface area contributed by atoms with Crippen molar-refractivity contribution in [2.45, 2.75) is 62.4 Å². The van der Waals surface area contributed by atoms with Gasteiger partial charge < -0.3 is 20.2 Å². The molecule has 10 nitrogen and oxygen atoms in total. The lowest BCUT2D eigenvalue weighted by atomic mass is 9.79. The lowest BCUT2D eigenvalue weighted by molar-refractivity contribution is -0.141. The fourth-order valence-corrected chi connectivity index (χ4v) is 6.26. The largest absolute Gasteiger partial charge is 0.433 e. The van der Waals surface area contributed by atoms with Crippen molar-refractivity contribution in [3.05, 3.63) is 60.4 Å². The van der Waals surface area contributed by atoms with Gasteiger partial charge in [-0.2, -0.15) is 13.2 Å². The Kier molecular flexibility index (Phi) is 7.79. The summed E-state index contributed by atoms with van der Waals surface area (Å²) in [6.45, 7) is 1.99. The molecule has 3 aliphatic rings. The number of nitrogens with one attached hydrogen (secondary N) is 1. The van der Waals surface area contributed by atoms with Crippen molar-refractivity contribution in [1.29, 1.82) is 0 Å². The Morgan fingerprint density at radius 2 is 1.71 bits per heavy atom. The number of amides is 1. The third-order valence-electron chi connectivity index (χ3n) is 8.60. The second-order valence-electron chi connectivity index (χ2n) is 11.4. The van der Waals surface area contributed by atoms with Gasteiger partial charge in [0.2, 0.25) is 11.9 Å². The molecule has 222 valence electrons. The number of hydrogen-bond acceptors (Lipinski definition) is 9. The van der Waals surface area contributed by atoms with Crippen LogP contribution in [0.15, 0.2) is 49.1 Å². The summed E-state index contributed by atoms with van der Waals surface area (Å²) in [7, 11) is 0. The number of likely N-dealkylation sites (tertiary alicyclic amines) is 1. The van der Waals surface area contributed by atoms with E-state index in [1.807, 2.05) is 17.0 Å². The molecule has 5 heterocycles. The quantitative estimate of drug-likeness (QED) is 0.452. The monoisotopic (exact) mass is 582 g/mol. The topological polar surface area (TPSA) is 120 Å². The molecule has 1 saturated carbocycles. The van der Waals surface area contributed by atoms with Gasteiger partial charge in [-0.15, -0.1) is 0 Å². The Bertz CT molecular complexity index is 1380. The van der Waals surface area contributed by atoms with E-state index in [-0.39, 0.29) is 29.9 Å². The molecule has 0 aromatic carbocycles. The zero-order valence-electron chi connectivity index (χ0n) is 23.0. The summed E-state index contributed by atoms with van der Waals surface area (Å²) < 4.78 is 39.2. The number of carbonyl (C=O) groups is 1. The van der Waals surface area contributed by atoms with Crippen molar-refractivity contribution in [3.63, 3.8) is 0 Å². The highest BCUT2D eigenvalue weighted by Gasteiger charge is 2.40. The number of hydrogen-bond donors (Lipinski definition) is 2. The van der Waals surface area contributed by atoms with Gasteiger partial charge in [-0.25, -0.2) is 19.9 Å². The summed E-state index contributed by atoms with van der Waals surface area (Å²) in [5.74, 6) is 0.339. The van der Waals surface area contributed by atoms with Crippen molar-refractivity contribution in [2.24, 2.45) is 5.92 Å². The smallest absolute Gasteiger partial charge is 0.384 e. The first kappa shape index (κ1) is 28.4. The lowest BCUT2D eigenvalue weighted by Crippen LogP contribution is -2.46.